The lowest BCUT2D eigenvalue weighted by molar-refractivity contribution is 0.522. The van der Waals surface area contributed by atoms with Crippen molar-refractivity contribution in [2.45, 2.75) is 30.1 Å². The fraction of sp³-hybridized carbons (Fsp3) is 0.545. The number of nitrogens with zero attached hydrogens (tertiary/aromatic N) is 1. The maximum Gasteiger partial charge on any atom is 0.0785 e. The lowest BCUT2D eigenvalue weighted by Crippen LogP contribution is -2.44. The third kappa shape index (κ3) is 3.07. The molecule has 1 rings (SSSR count). The Bertz CT molecular complexity index is 270. The van der Waals surface area contributed by atoms with Crippen molar-refractivity contribution in [1.29, 1.82) is 0 Å². The average Bonchev–Trinajstić information content (AvgIpc) is 2.15. The molecule has 0 amide bonds. The molecule has 0 aliphatic carbocycles. The van der Waals surface area contributed by atoms with Crippen LogP contribution in [0.3, 0.4) is 0 Å². The SMILES string of the molecule is C=C(C)CCC(N)C1(Br)C=CC=NC1. The molecule has 1 heterocycles. The van der Waals surface area contributed by atoms with Gasteiger partial charge in [-0.05, 0) is 25.8 Å². The predicted molar refractivity (Wildman–Crippen MR) is 66.2 cm³/mol. The second kappa shape index (κ2) is 4.89. The van der Waals surface area contributed by atoms with Gasteiger partial charge in [-0.2, -0.15) is 0 Å². The summed E-state index contributed by atoms with van der Waals surface area (Å²) in [6.45, 7) is 6.63. The minimum absolute atomic E-state index is 0.0906. The number of nitrogens with two attached hydrogens (primary N) is 1. The molecule has 0 aromatic heterocycles. The molecule has 0 bridgehead atoms. The topological polar surface area (TPSA) is 38.4 Å². The normalized spacial score (nSPS) is 27.6. The molecule has 78 valence electrons. The molecule has 0 aromatic rings. The van der Waals surface area contributed by atoms with Gasteiger partial charge in [-0.3, -0.25) is 4.99 Å². The molecule has 1 aliphatic rings. The summed E-state index contributed by atoms with van der Waals surface area (Å²) in [6.07, 6.45) is 7.76. The van der Waals surface area contributed by atoms with E-state index in [1.807, 2.05) is 19.2 Å². The van der Waals surface area contributed by atoms with Gasteiger partial charge in [0.05, 0.1) is 10.9 Å². The Labute approximate surface area is 94.1 Å². The molecule has 0 spiro atoms. The van der Waals surface area contributed by atoms with Crippen molar-refractivity contribution >= 4 is 22.1 Å². The van der Waals surface area contributed by atoms with Gasteiger partial charge in [-0.25, -0.2) is 0 Å². The second-order valence-corrected chi connectivity index (χ2v) is 5.35. The second-order valence-electron chi connectivity index (χ2n) is 3.88. The first kappa shape index (κ1) is 11.7. The van der Waals surface area contributed by atoms with Crippen LogP contribution in [0.25, 0.3) is 0 Å². The lowest BCUT2D eigenvalue weighted by atomic mass is 9.93. The van der Waals surface area contributed by atoms with Crippen molar-refractivity contribution in [2.75, 3.05) is 6.54 Å². The van der Waals surface area contributed by atoms with E-state index in [2.05, 4.69) is 33.6 Å². The maximum atomic E-state index is 6.12. The highest BCUT2D eigenvalue weighted by Crippen LogP contribution is 2.28. The Kier molecular flexibility index (Phi) is 4.08. The summed E-state index contributed by atoms with van der Waals surface area (Å²) in [6, 6.07) is 0.0906. The summed E-state index contributed by atoms with van der Waals surface area (Å²) >= 11 is 3.66. The Morgan fingerprint density at radius 2 is 2.50 bits per heavy atom. The van der Waals surface area contributed by atoms with E-state index in [-0.39, 0.29) is 10.4 Å². The zero-order chi connectivity index (χ0) is 10.6. The van der Waals surface area contributed by atoms with Crippen LogP contribution in [0.15, 0.2) is 29.3 Å². The maximum absolute atomic E-state index is 6.12. The summed E-state index contributed by atoms with van der Waals surface area (Å²) in [7, 11) is 0. The van der Waals surface area contributed by atoms with Crippen LogP contribution >= 0.6 is 15.9 Å². The molecule has 0 aromatic carbocycles. The summed E-state index contributed by atoms with van der Waals surface area (Å²) in [5.41, 5.74) is 7.30. The van der Waals surface area contributed by atoms with Crippen LogP contribution in [-0.2, 0) is 0 Å². The number of halogens is 1. The molecule has 0 saturated heterocycles. The van der Waals surface area contributed by atoms with Gasteiger partial charge in [0.15, 0.2) is 0 Å². The van der Waals surface area contributed by atoms with Gasteiger partial charge in [0.25, 0.3) is 0 Å². The molecule has 1 aliphatic heterocycles. The fourth-order valence-corrected chi connectivity index (χ4v) is 1.92. The van der Waals surface area contributed by atoms with E-state index in [0.29, 0.717) is 0 Å². The van der Waals surface area contributed by atoms with Crippen LogP contribution in [0.5, 0.6) is 0 Å². The monoisotopic (exact) mass is 256 g/mol. The van der Waals surface area contributed by atoms with E-state index in [9.17, 15) is 0 Å². The Morgan fingerprint density at radius 3 is 3.00 bits per heavy atom. The Hall–Kier alpha value is -0.410. The van der Waals surface area contributed by atoms with Crippen molar-refractivity contribution in [3.63, 3.8) is 0 Å². The van der Waals surface area contributed by atoms with Gasteiger partial charge in [0, 0.05) is 12.3 Å². The van der Waals surface area contributed by atoms with Crippen molar-refractivity contribution in [2.24, 2.45) is 10.7 Å². The van der Waals surface area contributed by atoms with Gasteiger partial charge < -0.3 is 5.73 Å². The predicted octanol–water partition coefficient (Wildman–Crippen LogP) is 2.44. The first-order valence-corrected chi connectivity index (χ1v) is 5.60. The minimum atomic E-state index is -0.156. The molecule has 2 N–H and O–H groups in total. The highest BCUT2D eigenvalue weighted by molar-refractivity contribution is 9.10. The van der Waals surface area contributed by atoms with Crippen LogP contribution in [0.4, 0.5) is 0 Å². The molecule has 2 atom stereocenters. The Balaban J connectivity index is 2.50. The highest BCUT2D eigenvalue weighted by Gasteiger charge is 2.31. The molecular formula is C11H17BrN2. The van der Waals surface area contributed by atoms with Gasteiger partial charge >= 0.3 is 0 Å². The standard InChI is InChI=1S/C11H17BrN2/c1-9(2)4-5-10(13)11(12)6-3-7-14-8-11/h3,6-7,10H,1,4-5,8,13H2,2H3. The van der Waals surface area contributed by atoms with Crippen molar-refractivity contribution in [3.8, 4) is 0 Å². The van der Waals surface area contributed by atoms with Crippen molar-refractivity contribution in [3.05, 3.63) is 24.3 Å². The van der Waals surface area contributed by atoms with Crippen LogP contribution < -0.4 is 5.73 Å². The molecular weight excluding hydrogens is 240 g/mol. The third-order valence-corrected chi connectivity index (χ3v) is 3.50. The smallest absolute Gasteiger partial charge is 0.0785 e. The molecule has 0 saturated carbocycles. The van der Waals surface area contributed by atoms with Gasteiger partial charge in [-0.1, -0.05) is 27.6 Å². The zero-order valence-corrected chi connectivity index (χ0v) is 10.1. The minimum Gasteiger partial charge on any atom is -0.326 e. The first-order valence-electron chi connectivity index (χ1n) is 4.81. The summed E-state index contributed by atoms with van der Waals surface area (Å²) in [5.74, 6) is 0. The van der Waals surface area contributed by atoms with Gasteiger partial charge in [0.2, 0.25) is 0 Å². The van der Waals surface area contributed by atoms with E-state index in [4.69, 9.17) is 5.73 Å². The third-order valence-electron chi connectivity index (χ3n) is 2.40. The molecule has 0 fully saturated rings. The number of dihydropyridines is 1. The van der Waals surface area contributed by atoms with E-state index in [1.165, 1.54) is 5.57 Å². The van der Waals surface area contributed by atoms with Crippen LogP contribution in [0.1, 0.15) is 19.8 Å². The van der Waals surface area contributed by atoms with Crippen LogP contribution in [-0.4, -0.2) is 23.1 Å². The summed E-state index contributed by atoms with van der Waals surface area (Å²) in [4.78, 5) is 4.22. The zero-order valence-electron chi connectivity index (χ0n) is 8.54. The Morgan fingerprint density at radius 1 is 1.79 bits per heavy atom. The van der Waals surface area contributed by atoms with Crippen LogP contribution in [0.2, 0.25) is 0 Å². The van der Waals surface area contributed by atoms with Crippen molar-refractivity contribution in [1.82, 2.24) is 0 Å². The largest absolute Gasteiger partial charge is 0.326 e. The molecule has 3 heteroatoms. The number of rotatable bonds is 4. The molecule has 14 heavy (non-hydrogen) atoms. The fourth-order valence-electron chi connectivity index (χ4n) is 1.39. The molecule has 2 nitrogen and oxygen atoms in total. The number of hydrogen-bond donors (Lipinski definition) is 1. The van der Waals surface area contributed by atoms with E-state index >= 15 is 0 Å². The van der Waals surface area contributed by atoms with E-state index in [0.717, 1.165) is 19.4 Å². The number of allylic oxidation sites excluding steroid dienone is 2. The highest BCUT2D eigenvalue weighted by atomic mass is 79.9. The van der Waals surface area contributed by atoms with Gasteiger partial charge in [0.1, 0.15) is 0 Å². The molecule has 2 unspecified atom stereocenters. The van der Waals surface area contributed by atoms with Crippen molar-refractivity contribution < 1.29 is 0 Å². The number of aliphatic imine (C=N–C) groups is 1. The van der Waals surface area contributed by atoms with Crippen LogP contribution in [0, 0.1) is 0 Å². The van der Waals surface area contributed by atoms with E-state index < -0.39 is 0 Å². The first-order chi connectivity index (χ1) is 6.54. The average molecular weight is 257 g/mol. The number of alkyl halides is 1. The quantitative estimate of drug-likeness (QED) is 0.609. The summed E-state index contributed by atoms with van der Waals surface area (Å²) in [5, 5.41) is 0. The summed E-state index contributed by atoms with van der Waals surface area (Å²) < 4.78 is -0.156. The van der Waals surface area contributed by atoms with Gasteiger partial charge in [-0.15, -0.1) is 6.58 Å². The molecule has 0 radical (unpaired) electrons. The van der Waals surface area contributed by atoms with E-state index in [1.54, 1.807) is 0 Å². The number of hydrogen-bond acceptors (Lipinski definition) is 2. The lowest BCUT2D eigenvalue weighted by Gasteiger charge is -2.30.